The Morgan fingerprint density at radius 3 is 2.16 bits per heavy atom. The van der Waals surface area contributed by atoms with Crippen molar-refractivity contribution in [2.24, 2.45) is 0 Å². The van der Waals surface area contributed by atoms with E-state index < -0.39 is 0 Å². The molecule has 2 fully saturated rings. The van der Waals surface area contributed by atoms with Crippen molar-refractivity contribution in [3.8, 4) is 0 Å². The Kier molecular flexibility index (Phi) is 6.65. The highest BCUT2D eigenvalue weighted by Gasteiger charge is 2.27. The van der Waals surface area contributed by atoms with Gasteiger partial charge in [0.05, 0.1) is 11.9 Å². The fraction of sp³-hybridized carbons (Fsp3) is 0.565. The smallest absolute Gasteiger partial charge is 0.275 e. The Balaban J connectivity index is 1.42. The summed E-state index contributed by atoms with van der Waals surface area (Å²) in [7, 11) is 0. The molecule has 166 valence electrons. The molecule has 0 bridgehead atoms. The van der Waals surface area contributed by atoms with Crippen LogP contribution in [0.25, 0.3) is 10.8 Å². The minimum atomic E-state index is -0.175. The highest BCUT2D eigenvalue weighted by Crippen LogP contribution is 2.17. The maximum absolute atomic E-state index is 13.3. The van der Waals surface area contributed by atoms with Crippen LogP contribution in [0, 0.1) is 0 Å². The highest BCUT2D eigenvalue weighted by atomic mass is 16.2. The number of aryl methyl sites for hydroxylation is 1. The number of carbonyl (C=O) groups is 2. The zero-order chi connectivity index (χ0) is 21.8. The summed E-state index contributed by atoms with van der Waals surface area (Å²) in [5, 5.41) is 5.49. The van der Waals surface area contributed by atoms with E-state index in [4.69, 9.17) is 0 Å². The first-order valence-electron chi connectivity index (χ1n) is 11.4. The Hall–Kier alpha value is -2.74. The molecule has 0 saturated carbocycles. The van der Waals surface area contributed by atoms with Crippen molar-refractivity contribution in [2.45, 2.75) is 39.2 Å². The van der Waals surface area contributed by atoms with Gasteiger partial charge in [-0.1, -0.05) is 31.0 Å². The lowest BCUT2D eigenvalue weighted by molar-refractivity contribution is -0.132. The highest BCUT2D eigenvalue weighted by molar-refractivity contribution is 6.04. The van der Waals surface area contributed by atoms with Crippen molar-refractivity contribution in [1.82, 2.24) is 24.5 Å². The molecule has 0 N–H and O–H groups in total. The van der Waals surface area contributed by atoms with Gasteiger partial charge >= 0.3 is 0 Å². The number of rotatable bonds is 4. The summed E-state index contributed by atoms with van der Waals surface area (Å²) in [4.78, 5) is 44.4. The number of likely N-dealkylation sites (tertiary alicyclic amines) is 1. The largest absolute Gasteiger partial charge is 0.342 e. The predicted octanol–water partition coefficient (Wildman–Crippen LogP) is 1.58. The lowest BCUT2D eigenvalue weighted by Crippen LogP contribution is -2.52. The van der Waals surface area contributed by atoms with Gasteiger partial charge in [0.1, 0.15) is 0 Å². The van der Waals surface area contributed by atoms with Crippen LogP contribution in [0.3, 0.4) is 0 Å². The first-order chi connectivity index (χ1) is 15.1. The van der Waals surface area contributed by atoms with E-state index in [1.165, 1.54) is 17.5 Å². The molecule has 3 heterocycles. The Bertz CT molecular complexity index is 1000. The molecule has 8 heteroatoms. The molecule has 2 aliphatic rings. The first kappa shape index (κ1) is 21.5. The molecule has 0 spiro atoms. The first-order valence-corrected chi connectivity index (χ1v) is 11.4. The molecule has 4 rings (SSSR count). The van der Waals surface area contributed by atoms with Gasteiger partial charge in [-0.15, -0.1) is 0 Å². The van der Waals surface area contributed by atoms with Crippen molar-refractivity contribution in [3.05, 3.63) is 40.3 Å². The minimum Gasteiger partial charge on any atom is -0.342 e. The Labute approximate surface area is 182 Å². The minimum absolute atomic E-state index is 0.156. The van der Waals surface area contributed by atoms with E-state index in [1.807, 2.05) is 17.9 Å². The van der Waals surface area contributed by atoms with Crippen molar-refractivity contribution >= 4 is 22.6 Å². The van der Waals surface area contributed by atoms with Gasteiger partial charge in [-0.3, -0.25) is 19.3 Å². The van der Waals surface area contributed by atoms with E-state index in [-0.39, 0.29) is 17.4 Å². The summed E-state index contributed by atoms with van der Waals surface area (Å²) in [6.45, 7) is 6.83. The van der Waals surface area contributed by atoms with Crippen LogP contribution in [0.1, 0.15) is 43.1 Å². The molecular weight excluding hydrogens is 394 g/mol. The second-order valence-electron chi connectivity index (χ2n) is 8.38. The van der Waals surface area contributed by atoms with Gasteiger partial charge in [-0.2, -0.15) is 5.10 Å². The molecule has 2 aliphatic heterocycles. The van der Waals surface area contributed by atoms with Crippen LogP contribution in [0.15, 0.2) is 29.1 Å². The van der Waals surface area contributed by atoms with Gasteiger partial charge < -0.3 is 9.80 Å². The predicted molar refractivity (Wildman–Crippen MR) is 119 cm³/mol. The quantitative estimate of drug-likeness (QED) is 0.743. The van der Waals surface area contributed by atoms with Crippen molar-refractivity contribution in [2.75, 3.05) is 45.8 Å². The molecule has 0 atom stereocenters. The molecule has 1 aromatic heterocycles. The third-order valence-corrected chi connectivity index (χ3v) is 6.35. The van der Waals surface area contributed by atoms with E-state index in [9.17, 15) is 14.4 Å². The second-order valence-corrected chi connectivity index (χ2v) is 8.38. The van der Waals surface area contributed by atoms with Crippen LogP contribution in [0.4, 0.5) is 0 Å². The topological polar surface area (TPSA) is 78.8 Å². The van der Waals surface area contributed by atoms with Gasteiger partial charge in [0.2, 0.25) is 5.91 Å². The number of carbonyl (C=O) groups excluding carboxylic acids is 2. The van der Waals surface area contributed by atoms with Crippen LogP contribution < -0.4 is 5.56 Å². The van der Waals surface area contributed by atoms with Crippen molar-refractivity contribution in [1.29, 1.82) is 0 Å². The Morgan fingerprint density at radius 2 is 1.52 bits per heavy atom. The number of hydrogen-bond donors (Lipinski definition) is 0. The third-order valence-electron chi connectivity index (χ3n) is 6.35. The second kappa shape index (κ2) is 9.60. The molecule has 0 radical (unpaired) electrons. The van der Waals surface area contributed by atoms with Crippen molar-refractivity contribution < 1.29 is 9.59 Å². The van der Waals surface area contributed by atoms with Gasteiger partial charge in [-0.25, -0.2) is 4.68 Å². The normalized spacial score (nSPS) is 18.2. The van der Waals surface area contributed by atoms with Gasteiger partial charge in [0, 0.05) is 51.2 Å². The fourth-order valence-corrected chi connectivity index (χ4v) is 4.48. The summed E-state index contributed by atoms with van der Waals surface area (Å²) in [6.07, 6.45) is 4.60. The summed E-state index contributed by atoms with van der Waals surface area (Å²) >= 11 is 0. The number of hydrogen-bond acceptors (Lipinski definition) is 5. The molecular formula is C23H31N5O3. The third kappa shape index (κ3) is 4.63. The molecule has 0 aliphatic carbocycles. The number of benzene rings is 1. The van der Waals surface area contributed by atoms with Crippen LogP contribution in [0.5, 0.6) is 0 Å². The van der Waals surface area contributed by atoms with Crippen LogP contribution in [-0.4, -0.2) is 82.1 Å². The zero-order valence-electron chi connectivity index (χ0n) is 18.3. The molecule has 8 nitrogen and oxygen atoms in total. The summed E-state index contributed by atoms with van der Waals surface area (Å²) < 4.78 is 1.35. The van der Waals surface area contributed by atoms with Crippen LogP contribution in [0.2, 0.25) is 0 Å². The molecule has 0 unspecified atom stereocenters. The lowest BCUT2D eigenvalue weighted by Gasteiger charge is -2.35. The number of piperazine rings is 1. The molecule has 1 aromatic carbocycles. The number of fused-ring (bicyclic) bond motifs is 1. The number of amides is 2. The maximum atomic E-state index is 13.3. The average molecular weight is 426 g/mol. The number of nitrogens with zero attached hydrogens (tertiary/aromatic N) is 5. The molecule has 2 aromatic rings. The van der Waals surface area contributed by atoms with Gasteiger partial charge in [0.15, 0.2) is 5.69 Å². The van der Waals surface area contributed by atoms with Gasteiger partial charge in [-0.05, 0) is 25.8 Å². The van der Waals surface area contributed by atoms with Crippen LogP contribution >= 0.6 is 0 Å². The standard InChI is InChI=1S/C23H31N5O3/c1-2-28-22(30)19-10-6-5-9-18(19)21(24-28)23(31)27-15-13-25(14-16-27)17-20(29)26-11-7-3-4-8-12-26/h5-6,9-10H,2-4,7-8,11-17H2,1H3. The van der Waals surface area contributed by atoms with E-state index in [1.54, 1.807) is 23.1 Å². The molecule has 2 saturated heterocycles. The van der Waals surface area contributed by atoms with E-state index in [2.05, 4.69) is 10.00 Å². The lowest BCUT2D eigenvalue weighted by atomic mass is 10.1. The SMILES string of the molecule is CCn1nc(C(=O)N2CCN(CC(=O)N3CCCCCC3)CC2)c2ccccc2c1=O. The fourth-order valence-electron chi connectivity index (χ4n) is 4.48. The summed E-state index contributed by atoms with van der Waals surface area (Å²) in [5.74, 6) is 0.0428. The zero-order valence-corrected chi connectivity index (χ0v) is 18.3. The van der Waals surface area contributed by atoms with E-state index in [0.717, 1.165) is 25.9 Å². The van der Waals surface area contributed by atoms with Gasteiger partial charge in [0.25, 0.3) is 11.5 Å². The maximum Gasteiger partial charge on any atom is 0.275 e. The molecule has 2 amide bonds. The molecule has 31 heavy (non-hydrogen) atoms. The van der Waals surface area contributed by atoms with Crippen LogP contribution in [-0.2, 0) is 11.3 Å². The number of aromatic nitrogens is 2. The summed E-state index contributed by atoms with van der Waals surface area (Å²) in [5.41, 5.74) is 0.151. The van der Waals surface area contributed by atoms with E-state index >= 15 is 0 Å². The summed E-state index contributed by atoms with van der Waals surface area (Å²) in [6, 6.07) is 7.16. The van der Waals surface area contributed by atoms with Crippen molar-refractivity contribution in [3.63, 3.8) is 0 Å². The average Bonchev–Trinajstić information content (AvgIpc) is 3.09. The Morgan fingerprint density at radius 1 is 0.871 bits per heavy atom. The monoisotopic (exact) mass is 425 g/mol. The van der Waals surface area contributed by atoms with E-state index in [0.29, 0.717) is 55.7 Å².